The maximum absolute atomic E-state index is 11.4. The lowest BCUT2D eigenvalue weighted by atomic mass is 9.57. The Hall–Kier alpha value is -2.01. The van der Waals surface area contributed by atoms with E-state index in [0.717, 1.165) is 36.9 Å². The summed E-state index contributed by atoms with van der Waals surface area (Å²) >= 11 is 0. The molecule has 2 fully saturated rings. The van der Waals surface area contributed by atoms with E-state index in [-0.39, 0.29) is 5.78 Å². The number of rotatable bonds is 4. The molecule has 4 rings (SSSR count). The molecule has 0 N–H and O–H groups in total. The van der Waals surface area contributed by atoms with Crippen LogP contribution < -0.4 is 0 Å². The highest BCUT2D eigenvalue weighted by molar-refractivity contribution is 5.93. The SMILES string of the molecule is CC(=O)c1ccc(CN2CCC3(CC2)CC(c2nc(C)no2)C3)cc1. The first kappa shape index (κ1) is 16.5. The maximum Gasteiger partial charge on any atom is 0.229 e. The zero-order valence-corrected chi connectivity index (χ0v) is 15.0. The number of hydrogen-bond donors (Lipinski definition) is 0. The topological polar surface area (TPSA) is 59.2 Å². The lowest BCUT2D eigenvalue weighted by Crippen LogP contribution is -2.46. The molecule has 0 bridgehead atoms. The molecule has 5 heteroatoms. The van der Waals surface area contributed by atoms with Crippen molar-refractivity contribution in [3.05, 3.63) is 47.1 Å². The maximum atomic E-state index is 11.4. The molecule has 1 aromatic carbocycles. The molecule has 1 aliphatic heterocycles. The van der Waals surface area contributed by atoms with E-state index in [4.69, 9.17) is 4.52 Å². The molecular formula is C20H25N3O2. The van der Waals surface area contributed by atoms with Crippen molar-refractivity contribution >= 4 is 5.78 Å². The van der Waals surface area contributed by atoms with Crippen molar-refractivity contribution in [1.82, 2.24) is 15.0 Å². The number of carbonyl (C=O) groups is 1. The van der Waals surface area contributed by atoms with Gasteiger partial charge in [-0.15, -0.1) is 0 Å². The van der Waals surface area contributed by atoms with Gasteiger partial charge in [0.15, 0.2) is 11.6 Å². The van der Waals surface area contributed by atoms with Crippen molar-refractivity contribution in [2.75, 3.05) is 13.1 Å². The fourth-order valence-electron chi connectivity index (χ4n) is 4.34. The predicted octanol–water partition coefficient (Wildman–Crippen LogP) is 3.74. The smallest absolute Gasteiger partial charge is 0.229 e. The average molecular weight is 339 g/mol. The van der Waals surface area contributed by atoms with Gasteiger partial charge in [-0.2, -0.15) is 4.98 Å². The van der Waals surface area contributed by atoms with Crippen LogP contribution in [0.15, 0.2) is 28.8 Å². The minimum atomic E-state index is 0.127. The van der Waals surface area contributed by atoms with Crippen LogP contribution in [-0.4, -0.2) is 33.9 Å². The number of Topliss-reactive ketones (excluding diaryl/α,β-unsaturated/α-hetero) is 1. The molecule has 1 aliphatic carbocycles. The van der Waals surface area contributed by atoms with Crippen LogP contribution >= 0.6 is 0 Å². The molecule has 0 amide bonds. The van der Waals surface area contributed by atoms with Crippen LogP contribution in [0.25, 0.3) is 0 Å². The Morgan fingerprint density at radius 3 is 2.48 bits per heavy atom. The number of ketones is 1. The molecule has 5 nitrogen and oxygen atoms in total. The van der Waals surface area contributed by atoms with Gasteiger partial charge in [0.25, 0.3) is 0 Å². The Kier molecular flexibility index (Phi) is 4.20. The summed E-state index contributed by atoms with van der Waals surface area (Å²) in [5, 5.41) is 3.91. The van der Waals surface area contributed by atoms with Gasteiger partial charge in [-0.3, -0.25) is 9.69 Å². The van der Waals surface area contributed by atoms with Gasteiger partial charge >= 0.3 is 0 Å². The van der Waals surface area contributed by atoms with E-state index >= 15 is 0 Å². The third kappa shape index (κ3) is 3.38. The molecule has 1 spiro atoms. The highest BCUT2D eigenvalue weighted by Gasteiger charge is 2.48. The van der Waals surface area contributed by atoms with E-state index < -0.39 is 0 Å². The van der Waals surface area contributed by atoms with Gasteiger partial charge in [0.2, 0.25) is 5.89 Å². The van der Waals surface area contributed by atoms with Crippen LogP contribution in [-0.2, 0) is 6.54 Å². The van der Waals surface area contributed by atoms with Gasteiger partial charge < -0.3 is 4.52 Å². The van der Waals surface area contributed by atoms with Crippen molar-refractivity contribution < 1.29 is 9.32 Å². The fourth-order valence-corrected chi connectivity index (χ4v) is 4.34. The Labute approximate surface area is 148 Å². The molecule has 1 aromatic heterocycles. The van der Waals surface area contributed by atoms with E-state index in [1.54, 1.807) is 6.92 Å². The molecule has 0 atom stereocenters. The van der Waals surface area contributed by atoms with E-state index in [1.165, 1.54) is 31.2 Å². The largest absolute Gasteiger partial charge is 0.339 e. The Balaban J connectivity index is 1.28. The summed E-state index contributed by atoms with van der Waals surface area (Å²) in [5.41, 5.74) is 2.56. The number of piperidine rings is 1. The highest BCUT2D eigenvalue weighted by atomic mass is 16.5. The fraction of sp³-hybridized carbons (Fsp3) is 0.550. The molecule has 25 heavy (non-hydrogen) atoms. The number of carbonyl (C=O) groups excluding carboxylic acids is 1. The summed E-state index contributed by atoms with van der Waals surface area (Å²) in [6.45, 7) is 6.75. The second kappa shape index (κ2) is 6.37. The second-order valence-electron chi connectivity index (χ2n) is 7.81. The number of hydrogen-bond acceptors (Lipinski definition) is 5. The average Bonchev–Trinajstić information content (AvgIpc) is 3.00. The lowest BCUT2D eigenvalue weighted by Gasteiger charge is -2.51. The molecule has 1 saturated heterocycles. The van der Waals surface area contributed by atoms with Crippen LogP contribution in [0.1, 0.15) is 66.2 Å². The van der Waals surface area contributed by atoms with Gasteiger partial charge in [-0.1, -0.05) is 29.4 Å². The normalized spacial score (nSPS) is 20.6. The van der Waals surface area contributed by atoms with Crippen molar-refractivity contribution in [1.29, 1.82) is 0 Å². The van der Waals surface area contributed by atoms with Gasteiger partial charge in [0.05, 0.1) is 0 Å². The minimum Gasteiger partial charge on any atom is -0.339 e. The van der Waals surface area contributed by atoms with Crippen molar-refractivity contribution in [3.63, 3.8) is 0 Å². The van der Waals surface area contributed by atoms with Crippen molar-refractivity contribution in [2.45, 2.75) is 52.0 Å². The van der Waals surface area contributed by atoms with E-state index in [1.807, 2.05) is 19.1 Å². The van der Waals surface area contributed by atoms with Crippen LogP contribution in [0.5, 0.6) is 0 Å². The summed E-state index contributed by atoms with van der Waals surface area (Å²) in [7, 11) is 0. The molecule has 2 aromatic rings. The van der Waals surface area contributed by atoms with Crippen LogP contribution in [0.2, 0.25) is 0 Å². The van der Waals surface area contributed by atoms with E-state index in [0.29, 0.717) is 11.3 Å². The molecule has 2 aliphatic rings. The summed E-state index contributed by atoms with van der Waals surface area (Å²) < 4.78 is 5.33. The second-order valence-corrected chi connectivity index (χ2v) is 7.81. The molecule has 0 radical (unpaired) electrons. The zero-order chi connectivity index (χ0) is 17.4. The Morgan fingerprint density at radius 2 is 1.92 bits per heavy atom. The van der Waals surface area contributed by atoms with Crippen molar-refractivity contribution in [2.24, 2.45) is 5.41 Å². The number of aryl methyl sites for hydroxylation is 1. The Bertz CT molecular complexity index is 750. The summed E-state index contributed by atoms with van der Waals surface area (Å²) in [4.78, 5) is 18.3. The standard InChI is InChI=1S/C20H25N3O2/c1-14(24)17-5-3-16(4-6-17)13-23-9-7-20(8-10-23)11-18(12-20)19-21-15(2)22-25-19/h3-6,18H,7-13H2,1-2H3. The van der Waals surface area contributed by atoms with Gasteiger partial charge in [0.1, 0.15) is 0 Å². The molecule has 0 unspecified atom stereocenters. The van der Waals surface area contributed by atoms with E-state index in [2.05, 4.69) is 27.2 Å². The third-order valence-electron chi connectivity index (χ3n) is 5.93. The molecule has 1 saturated carbocycles. The number of likely N-dealkylation sites (tertiary alicyclic amines) is 1. The number of benzene rings is 1. The van der Waals surface area contributed by atoms with Gasteiger partial charge in [-0.05, 0) is 63.6 Å². The quantitative estimate of drug-likeness (QED) is 0.794. The third-order valence-corrected chi connectivity index (χ3v) is 5.93. The lowest BCUT2D eigenvalue weighted by molar-refractivity contribution is 0.00407. The van der Waals surface area contributed by atoms with Crippen LogP contribution in [0.3, 0.4) is 0 Å². The van der Waals surface area contributed by atoms with Crippen molar-refractivity contribution in [3.8, 4) is 0 Å². The monoisotopic (exact) mass is 339 g/mol. The van der Waals surface area contributed by atoms with Crippen LogP contribution in [0, 0.1) is 12.3 Å². The molecule has 2 heterocycles. The number of aromatic nitrogens is 2. The zero-order valence-electron chi connectivity index (χ0n) is 15.0. The first-order valence-corrected chi connectivity index (χ1v) is 9.15. The van der Waals surface area contributed by atoms with E-state index in [9.17, 15) is 4.79 Å². The predicted molar refractivity (Wildman–Crippen MR) is 94.4 cm³/mol. The summed E-state index contributed by atoms with van der Waals surface area (Å²) in [6, 6.07) is 8.04. The van der Waals surface area contributed by atoms with Crippen LogP contribution in [0.4, 0.5) is 0 Å². The first-order chi connectivity index (χ1) is 12.0. The van der Waals surface area contributed by atoms with Gasteiger partial charge in [0, 0.05) is 18.0 Å². The highest BCUT2D eigenvalue weighted by Crippen LogP contribution is 2.56. The minimum absolute atomic E-state index is 0.127. The van der Waals surface area contributed by atoms with Gasteiger partial charge in [-0.25, -0.2) is 0 Å². The first-order valence-electron chi connectivity index (χ1n) is 9.15. The molecular weight excluding hydrogens is 314 g/mol. The summed E-state index contributed by atoms with van der Waals surface area (Å²) in [6.07, 6.45) is 4.88. The number of nitrogens with zero attached hydrogens (tertiary/aromatic N) is 3. The summed E-state index contributed by atoms with van der Waals surface area (Å²) in [5.74, 6) is 2.16. The molecule has 132 valence electrons. The Morgan fingerprint density at radius 1 is 1.24 bits per heavy atom.